The van der Waals surface area contributed by atoms with Gasteiger partial charge in [0.1, 0.15) is 6.04 Å². The van der Waals surface area contributed by atoms with Crippen LogP contribution in [0, 0.1) is 0 Å². The first-order valence-electron chi connectivity index (χ1n) is 7.97. The van der Waals surface area contributed by atoms with E-state index in [0.717, 1.165) is 11.2 Å². The Morgan fingerprint density at radius 1 is 1.08 bits per heavy atom. The first-order chi connectivity index (χ1) is 11.4. The van der Waals surface area contributed by atoms with Gasteiger partial charge in [-0.1, -0.05) is 0 Å². The maximum atomic E-state index is 12.5. The van der Waals surface area contributed by atoms with Crippen LogP contribution in [0.4, 0.5) is 5.69 Å². The van der Waals surface area contributed by atoms with E-state index < -0.39 is 6.04 Å². The number of rotatable bonds is 3. The summed E-state index contributed by atoms with van der Waals surface area (Å²) in [5.41, 5.74) is 1.93. The van der Waals surface area contributed by atoms with Gasteiger partial charge in [0, 0.05) is 38.8 Å². The number of H-pyrrole nitrogens is 2. The molecule has 3 N–H and O–H groups in total. The summed E-state index contributed by atoms with van der Waals surface area (Å²) < 4.78 is 0. The number of benzene rings is 1. The number of fused-ring (bicyclic) bond motifs is 1. The molecule has 128 valence electrons. The van der Waals surface area contributed by atoms with Crippen LogP contribution in [0.5, 0.6) is 0 Å². The molecule has 0 spiro atoms. The maximum absolute atomic E-state index is 12.5. The van der Waals surface area contributed by atoms with Crippen molar-refractivity contribution < 1.29 is 9.59 Å². The number of nitrogens with one attached hydrogen (secondary N) is 3. The van der Waals surface area contributed by atoms with E-state index in [1.165, 1.54) is 0 Å². The van der Waals surface area contributed by atoms with Gasteiger partial charge in [0.25, 0.3) is 0 Å². The average molecular weight is 331 g/mol. The third-order valence-electron chi connectivity index (χ3n) is 4.31. The van der Waals surface area contributed by atoms with E-state index in [4.69, 9.17) is 0 Å². The van der Waals surface area contributed by atoms with E-state index in [-0.39, 0.29) is 17.5 Å². The Morgan fingerprint density at radius 2 is 1.71 bits per heavy atom. The lowest BCUT2D eigenvalue weighted by molar-refractivity contribution is -0.138. The molecule has 0 unspecified atom stereocenters. The number of hydrogen-bond acceptors (Lipinski definition) is 4. The molecule has 1 fully saturated rings. The van der Waals surface area contributed by atoms with Crippen molar-refractivity contribution in [2.75, 3.05) is 31.5 Å². The molecule has 1 atom stereocenters. The minimum atomic E-state index is -0.392. The Kier molecular flexibility index (Phi) is 4.28. The SMILES string of the molecule is CC(=O)N1CCN(C(=O)[C@H](C)Nc2ccc3[nH]c(=O)[nH]c3c2)CC1. The fourth-order valence-corrected chi connectivity index (χ4v) is 2.95. The summed E-state index contributed by atoms with van der Waals surface area (Å²) >= 11 is 0. The Hall–Kier alpha value is -2.77. The number of amides is 2. The number of anilines is 1. The van der Waals surface area contributed by atoms with Crippen molar-refractivity contribution in [2.24, 2.45) is 0 Å². The number of aromatic amines is 2. The van der Waals surface area contributed by atoms with Gasteiger partial charge in [0.2, 0.25) is 11.8 Å². The quantitative estimate of drug-likeness (QED) is 0.755. The highest BCUT2D eigenvalue weighted by molar-refractivity contribution is 5.86. The zero-order chi connectivity index (χ0) is 17.3. The maximum Gasteiger partial charge on any atom is 0.323 e. The van der Waals surface area contributed by atoms with Crippen LogP contribution in [0.2, 0.25) is 0 Å². The van der Waals surface area contributed by atoms with E-state index >= 15 is 0 Å². The molecule has 0 aliphatic carbocycles. The normalized spacial score (nSPS) is 16.2. The van der Waals surface area contributed by atoms with Gasteiger partial charge in [0.05, 0.1) is 11.0 Å². The van der Waals surface area contributed by atoms with Crippen molar-refractivity contribution in [2.45, 2.75) is 19.9 Å². The third kappa shape index (κ3) is 3.27. The molecule has 2 heterocycles. The van der Waals surface area contributed by atoms with Gasteiger partial charge in [-0.25, -0.2) is 4.79 Å². The summed E-state index contributed by atoms with van der Waals surface area (Å²) in [7, 11) is 0. The molecule has 1 aromatic carbocycles. The molecular formula is C16H21N5O3. The van der Waals surface area contributed by atoms with Crippen LogP contribution in [0.25, 0.3) is 11.0 Å². The Morgan fingerprint density at radius 3 is 2.38 bits per heavy atom. The number of hydrogen-bond donors (Lipinski definition) is 3. The lowest BCUT2D eigenvalue weighted by atomic mass is 10.2. The van der Waals surface area contributed by atoms with Gasteiger partial charge >= 0.3 is 5.69 Å². The van der Waals surface area contributed by atoms with Crippen molar-refractivity contribution in [1.82, 2.24) is 19.8 Å². The number of imidazole rings is 1. The lowest BCUT2D eigenvalue weighted by Crippen LogP contribution is -2.53. The molecule has 8 nitrogen and oxygen atoms in total. The van der Waals surface area contributed by atoms with Crippen molar-refractivity contribution in [1.29, 1.82) is 0 Å². The molecule has 2 amide bonds. The highest BCUT2D eigenvalue weighted by atomic mass is 16.2. The Labute approximate surface area is 138 Å². The highest BCUT2D eigenvalue weighted by Gasteiger charge is 2.25. The largest absolute Gasteiger partial charge is 0.374 e. The van der Waals surface area contributed by atoms with Crippen LogP contribution in [0.3, 0.4) is 0 Å². The second-order valence-corrected chi connectivity index (χ2v) is 6.04. The molecule has 0 bridgehead atoms. The van der Waals surface area contributed by atoms with Crippen molar-refractivity contribution >= 4 is 28.5 Å². The smallest absolute Gasteiger partial charge is 0.323 e. The summed E-state index contributed by atoms with van der Waals surface area (Å²) in [6.45, 7) is 5.60. The van der Waals surface area contributed by atoms with E-state index in [1.54, 1.807) is 28.9 Å². The summed E-state index contributed by atoms with van der Waals surface area (Å²) in [4.78, 5) is 44.1. The molecule has 3 rings (SSSR count). The molecule has 1 aliphatic heterocycles. The average Bonchev–Trinajstić information content (AvgIpc) is 2.93. The lowest BCUT2D eigenvalue weighted by Gasteiger charge is -2.35. The predicted octanol–water partition coefficient (Wildman–Crippen LogP) is 0.347. The number of nitrogens with zero attached hydrogens (tertiary/aromatic N) is 2. The minimum Gasteiger partial charge on any atom is -0.374 e. The monoisotopic (exact) mass is 331 g/mol. The molecule has 1 aromatic heterocycles. The van der Waals surface area contributed by atoms with Gasteiger partial charge in [-0.3, -0.25) is 9.59 Å². The van der Waals surface area contributed by atoms with Gasteiger partial charge in [-0.15, -0.1) is 0 Å². The summed E-state index contributed by atoms with van der Waals surface area (Å²) in [5.74, 6) is 0.0444. The van der Waals surface area contributed by atoms with Crippen LogP contribution >= 0.6 is 0 Å². The Balaban J connectivity index is 1.63. The highest BCUT2D eigenvalue weighted by Crippen LogP contribution is 2.16. The summed E-state index contributed by atoms with van der Waals surface area (Å²) in [6.07, 6.45) is 0. The van der Waals surface area contributed by atoms with E-state index in [2.05, 4.69) is 15.3 Å². The number of carbonyl (C=O) groups is 2. The van der Waals surface area contributed by atoms with Crippen LogP contribution in [-0.4, -0.2) is 63.8 Å². The number of aromatic nitrogens is 2. The Bertz CT molecular complexity index is 816. The predicted molar refractivity (Wildman–Crippen MR) is 90.8 cm³/mol. The second-order valence-electron chi connectivity index (χ2n) is 6.04. The fourth-order valence-electron chi connectivity index (χ4n) is 2.95. The molecule has 1 aliphatic rings. The van der Waals surface area contributed by atoms with Crippen LogP contribution in [0.1, 0.15) is 13.8 Å². The number of carbonyl (C=O) groups excluding carboxylic acids is 2. The van der Waals surface area contributed by atoms with E-state index in [0.29, 0.717) is 31.7 Å². The molecule has 8 heteroatoms. The first-order valence-corrected chi connectivity index (χ1v) is 7.97. The summed E-state index contributed by atoms with van der Waals surface area (Å²) in [5, 5.41) is 3.17. The number of piperazine rings is 1. The van der Waals surface area contributed by atoms with Crippen LogP contribution in [0.15, 0.2) is 23.0 Å². The second kappa shape index (κ2) is 6.38. The molecular weight excluding hydrogens is 310 g/mol. The van der Waals surface area contributed by atoms with Gasteiger partial charge in [0.15, 0.2) is 0 Å². The third-order valence-corrected chi connectivity index (χ3v) is 4.31. The van der Waals surface area contributed by atoms with Gasteiger partial charge < -0.3 is 25.1 Å². The van der Waals surface area contributed by atoms with Crippen molar-refractivity contribution in [3.63, 3.8) is 0 Å². The topological polar surface area (TPSA) is 101 Å². The fraction of sp³-hybridized carbons (Fsp3) is 0.438. The first kappa shape index (κ1) is 16.1. The van der Waals surface area contributed by atoms with Gasteiger partial charge in [-0.2, -0.15) is 0 Å². The van der Waals surface area contributed by atoms with E-state index in [9.17, 15) is 14.4 Å². The molecule has 0 saturated carbocycles. The van der Waals surface area contributed by atoms with Crippen molar-refractivity contribution in [3.05, 3.63) is 28.7 Å². The van der Waals surface area contributed by atoms with Crippen LogP contribution in [-0.2, 0) is 9.59 Å². The van der Waals surface area contributed by atoms with Gasteiger partial charge in [-0.05, 0) is 25.1 Å². The molecule has 1 saturated heterocycles. The molecule has 24 heavy (non-hydrogen) atoms. The molecule has 2 aromatic rings. The minimum absolute atomic E-state index is 0.000797. The standard InChI is InChI=1S/C16H21N5O3/c1-10(15(23)21-7-5-20(6-8-21)11(2)22)17-12-3-4-13-14(9-12)19-16(24)18-13/h3-4,9-10,17H,5-8H2,1-2H3,(H2,18,19,24)/t10-/m0/s1. The van der Waals surface area contributed by atoms with Crippen molar-refractivity contribution in [3.8, 4) is 0 Å². The van der Waals surface area contributed by atoms with Crippen LogP contribution < -0.4 is 11.0 Å². The summed E-state index contributed by atoms with van der Waals surface area (Å²) in [6, 6.07) is 5.02. The molecule has 0 radical (unpaired) electrons. The van der Waals surface area contributed by atoms with E-state index in [1.807, 2.05) is 13.0 Å². The zero-order valence-electron chi connectivity index (χ0n) is 13.8. The zero-order valence-corrected chi connectivity index (χ0v) is 13.8.